The summed E-state index contributed by atoms with van der Waals surface area (Å²) < 4.78 is 15.1. The lowest BCUT2D eigenvalue weighted by Gasteiger charge is -2.12. The molecule has 2 amide bonds. The second kappa shape index (κ2) is 6.74. The molecule has 1 N–H and O–H groups in total. The van der Waals surface area contributed by atoms with E-state index in [1.807, 2.05) is 0 Å². The third-order valence-corrected chi connectivity index (χ3v) is 2.85. The van der Waals surface area contributed by atoms with Crippen LogP contribution < -0.4 is 5.32 Å². The number of nitrogens with one attached hydrogen (secondary N) is 1. The van der Waals surface area contributed by atoms with Gasteiger partial charge in [-0.05, 0) is 28.6 Å². The molecule has 0 spiro atoms. The van der Waals surface area contributed by atoms with Crippen LogP contribution in [0.4, 0.5) is 10.1 Å². The SMILES string of the molecule is CN(C)C(=O)c1cc(NC(=O)CCn2cnnn2)ccc1F. The largest absolute Gasteiger partial charge is 0.345 e. The van der Waals surface area contributed by atoms with Crippen molar-refractivity contribution in [3.05, 3.63) is 35.9 Å². The number of carbonyl (C=O) groups excluding carboxylic acids is 2. The van der Waals surface area contributed by atoms with Gasteiger partial charge in [0.05, 0.1) is 12.1 Å². The molecule has 0 aliphatic rings. The summed E-state index contributed by atoms with van der Waals surface area (Å²) in [5, 5.41) is 13.2. The fourth-order valence-corrected chi connectivity index (χ4v) is 1.73. The fourth-order valence-electron chi connectivity index (χ4n) is 1.73. The highest BCUT2D eigenvalue weighted by Crippen LogP contribution is 2.16. The Kier molecular flexibility index (Phi) is 4.77. The summed E-state index contributed by atoms with van der Waals surface area (Å²) in [4.78, 5) is 24.9. The van der Waals surface area contributed by atoms with Gasteiger partial charge in [-0.2, -0.15) is 0 Å². The van der Waals surface area contributed by atoms with E-state index in [9.17, 15) is 14.0 Å². The van der Waals surface area contributed by atoms with E-state index in [0.717, 1.165) is 6.07 Å². The molecule has 0 fully saturated rings. The minimum atomic E-state index is -0.634. The lowest BCUT2D eigenvalue weighted by molar-refractivity contribution is -0.116. The van der Waals surface area contributed by atoms with Gasteiger partial charge in [-0.3, -0.25) is 9.59 Å². The zero-order chi connectivity index (χ0) is 16.1. The number of hydrogen-bond acceptors (Lipinski definition) is 5. The Morgan fingerprint density at radius 2 is 2.14 bits per heavy atom. The van der Waals surface area contributed by atoms with Crippen molar-refractivity contribution >= 4 is 17.5 Å². The van der Waals surface area contributed by atoms with E-state index in [0.29, 0.717) is 12.2 Å². The Hall–Kier alpha value is -2.84. The van der Waals surface area contributed by atoms with Crippen molar-refractivity contribution in [1.82, 2.24) is 25.1 Å². The maximum atomic E-state index is 13.7. The van der Waals surface area contributed by atoms with Gasteiger partial charge in [0.2, 0.25) is 5.91 Å². The number of halogens is 1. The minimum Gasteiger partial charge on any atom is -0.345 e. The maximum absolute atomic E-state index is 13.7. The van der Waals surface area contributed by atoms with Gasteiger partial charge >= 0.3 is 0 Å². The van der Waals surface area contributed by atoms with Gasteiger partial charge in [0.1, 0.15) is 12.1 Å². The molecule has 1 heterocycles. The summed E-state index contributed by atoms with van der Waals surface area (Å²) >= 11 is 0. The Morgan fingerprint density at radius 1 is 1.36 bits per heavy atom. The van der Waals surface area contributed by atoms with Crippen LogP contribution in [0.3, 0.4) is 0 Å². The number of tetrazole rings is 1. The van der Waals surface area contributed by atoms with Crippen LogP contribution in [-0.4, -0.2) is 51.0 Å². The van der Waals surface area contributed by atoms with Gasteiger partial charge < -0.3 is 10.2 Å². The quantitative estimate of drug-likeness (QED) is 0.870. The van der Waals surface area contributed by atoms with E-state index in [1.165, 1.54) is 42.1 Å². The summed E-state index contributed by atoms with van der Waals surface area (Å²) in [6.07, 6.45) is 1.55. The third kappa shape index (κ3) is 3.84. The molecule has 0 saturated carbocycles. The van der Waals surface area contributed by atoms with Crippen LogP contribution in [0.25, 0.3) is 0 Å². The first kappa shape index (κ1) is 15.5. The molecule has 1 aromatic carbocycles. The molecule has 2 rings (SSSR count). The van der Waals surface area contributed by atoms with Gasteiger partial charge in [-0.15, -0.1) is 5.10 Å². The van der Waals surface area contributed by atoms with Crippen LogP contribution in [0.1, 0.15) is 16.8 Å². The molecule has 0 bridgehead atoms. The van der Waals surface area contributed by atoms with Crippen molar-refractivity contribution in [3.63, 3.8) is 0 Å². The lowest BCUT2D eigenvalue weighted by Crippen LogP contribution is -2.23. The molecule has 0 aliphatic carbocycles. The van der Waals surface area contributed by atoms with Crippen LogP contribution in [0, 0.1) is 5.82 Å². The van der Waals surface area contributed by atoms with E-state index in [4.69, 9.17) is 0 Å². The molecular weight excluding hydrogens is 291 g/mol. The van der Waals surface area contributed by atoms with Crippen molar-refractivity contribution in [2.75, 3.05) is 19.4 Å². The number of aromatic nitrogens is 4. The number of amides is 2. The van der Waals surface area contributed by atoms with Crippen LogP contribution >= 0.6 is 0 Å². The highest BCUT2D eigenvalue weighted by molar-refractivity contribution is 5.97. The minimum absolute atomic E-state index is 0.0942. The van der Waals surface area contributed by atoms with Gasteiger partial charge in [0.15, 0.2) is 0 Å². The second-order valence-electron chi connectivity index (χ2n) is 4.77. The first-order valence-electron chi connectivity index (χ1n) is 6.49. The lowest BCUT2D eigenvalue weighted by atomic mass is 10.1. The van der Waals surface area contributed by atoms with Crippen LogP contribution in [0.5, 0.6) is 0 Å². The van der Waals surface area contributed by atoms with Crippen LogP contribution in [0.15, 0.2) is 24.5 Å². The van der Waals surface area contributed by atoms with E-state index in [-0.39, 0.29) is 17.9 Å². The molecule has 0 unspecified atom stereocenters. The first-order valence-corrected chi connectivity index (χ1v) is 6.49. The van der Waals surface area contributed by atoms with E-state index < -0.39 is 11.7 Å². The topological polar surface area (TPSA) is 93.0 Å². The maximum Gasteiger partial charge on any atom is 0.256 e. The Labute approximate surface area is 125 Å². The molecule has 0 radical (unpaired) electrons. The first-order chi connectivity index (χ1) is 10.5. The molecule has 8 nitrogen and oxygen atoms in total. The van der Waals surface area contributed by atoms with Gasteiger partial charge in [-0.25, -0.2) is 9.07 Å². The van der Waals surface area contributed by atoms with E-state index in [2.05, 4.69) is 20.8 Å². The summed E-state index contributed by atoms with van der Waals surface area (Å²) in [7, 11) is 3.05. The number of anilines is 1. The predicted molar refractivity (Wildman–Crippen MR) is 75.5 cm³/mol. The average Bonchev–Trinajstić information content (AvgIpc) is 2.99. The Morgan fingerprint density at radius 3 is 2.77 bits per heavy atom. The fraction of sp³-hybridized carbons (Fsp3) is 0.308. The molecular formula is C13H15FN6O2. The van der Waals surface area contributed by atoms with Crippen LogP contribution in [-0.2, 0) is 11.3 Å². The van der Waals surface area contributed by atoms with Crippen molar-refractivity contribution in [2.45, 2.75) is 13.0 Å². The van der Waals surface area contributed by atoms with Crippen LogP contribution in [0.2, 0.25) is 0 Å². The number of hydrogen-bond donors (Lipinski definition) is 1. The van der Waals surface area contributed by atoms with Crippen molar-refractivity contribution in [2.24, 2.45) is 0 Å². The summed E-state index contributed by atoms with van der Waals surface area (Å²) in [5.74, 6) is -1.39. The van der Waals surface area contributed by atoms with Gasteiger partial charge in [-0.1, -0.05) is 0 Å². The zero-order valence-electron chi connectivity index (χ0n) is 12.2. The molecule has 2 aromatic rings. The highest BCUT2D eigenvalue weighted by Gasteiger charge is 2.15. The normalized spacial score (nSPS) is 10.3. The molecule has 0 aliphatic heterocycles. The third-order valence-electron chi connectivity index (χ3n) is 2.85. The summed E-state index contributed by atoms with van der Waals surface area (Å²) in [6.45, 7) is 0.323. The molecule has 9 heteroatoms. The molecule has 116 valence electrons. The highest BCUT2D eigenvalue weighted by atomic mass is 19.1. The second-order valence-corrected chi connectivity index (χ2v) is 4.77. The molecule has 0 atom stereocenters. The van der Waals surface area contributed by atoms with Gasteiger partial charge in [0, 0.05) is 26.2 Å². The monoisotopic (exact) mass is 306 g/mol. The standard InChI is InChI=1S/C13H15FN6O2/c1-19(2)13(22)10-7-9(3-4-11(10)14)16-12(21)5-6-20-8-15-17-18-20/h3-4,7-8H,5-6H2,1-2H3,(H,16,21). The summed E-state index contributed by atoms with van der Waals surface area (Å²) in [6, 6.07) is 3.86. The van der Waals surface area contributed by atoms with Gasteiger partial charge in [0.25, 0.3) is 5.91 Å². The number of aryl methyl sites for hydroxylation is 1. The smallest absolute Gasteiger partial charge is 0.256 e. The van der Waals surface area contributed by atoms with Crippen molar-refractivity contribution < 1.29 is 14.0 Å². The Bertz CT molecular complexity index is 671. The molecule has 1 aromatic heterocycles. The molecule has 0 saturated heterocycles. The number of benzene rings is 1. The van der Waals surface area contributed by atoms with Crippen molar-refractivity contribution in [3.8, 4) is 0 Å². The number of carbonyl (C=O) groups is 2. The summed E-state index contributed by atoms with van der Waals surface area (Å²) in [5.41, 5.74) is 0.261. The average molecular weight is 306 g/mol. The Balaban J connectivity index is 2.01. The molecule has 22 heavy (non-hydrogen) atoms. The predicted octanol–water partition coefficient (Wildman–Crippen LogP) is 0.543. The van der Waals surface area contributed by atoms with E-state index in [1.54, 1.807) is 0 Å². The number of nitrogens with zero attached hydrogens (tertiary/aromatic N) is 5. The zero-order valence-corrected chi connectivity index (χ0v) is 12.2. The van der Waals surface area contributed by atoms with E-state index >= 15 is 0 Å². The number of rotatable bonds is 5. The van der Waals surface area contributed by atoms with Crippen molar-refractivity contribution in [1.29, 1.82) is 0 Å².